The molecular weight excluding hydrogens is 304 g/mol. The Morgan fingerprint density at radius 1 is 1.25 bits per heavy atom. The molecule has 4 rings (SSSR count). The molecule has 24 heavy (non-hydrogen) atoms. The number of carbonyl (C=O) groups excluding carboxylic acids is 2. The highest BCUT2D eigenvalue weighted by molar-refractivity contribution is 5.97. The molecule has 1 N–H and O–H groups in total. The summed E-state index contributed by atoms with van der Waals surface area (Å²) in [7, 11) is 0. The fourth-order valence-electron chi connectivity index (χ4n) is 4.06. The van der Waals surface area contributed by atoms with Crippen molar-refractivity contribution in [1.29, 1.82) is 0 Å². The molecule has 5 nitrogen and oxygen atoms in total. The normalized spacial score (nSPS) is 27.1. The highest BCUT2D eigenvalue weighted by Gasteiger charge is 2.39. The highest BCUT2D eigenvalue weighted by Crippen LogP contribution is 2.43. The molecular formula is C19H22N2O3. The van der Waals surface area contributed by atoms with Crippen molar-refractivity contribution in [3.05, 3.63) is 36.4 Å². The van der Waals surface area contributed by atoms with E-state index in [1.165, 1.54) is 0 Å². The predicted molar refractivity (Wildman–Crippen MR) is 90.8 cm³/mol. The number of ether oxygens (including phenoxy) is 1. The number of hydrogen-bond acceptors (Lipinski definition) is 3. The van der Waals surface area contributed by atoms with Crippen molar-refractivity contribution in [3.8, 4) is 5.75 Å². The van der Waals surface area contributed by atoms with Gasteiger partial charge in [-0.3, -0.25) is 9.59 Å². The molecule has 1 heterocycles. The number of nitrogens with one attached hydrogen (secondary N) is 1. The molecule has 126 valence electrons. The molecule has 1 fully saturated rings. The fraction of sp³-hybridized carbons (Fsp3) is 0.474. The first-order valence-corrected chi connectivity index (χ1v) is 8.70. The van der Waals surface area contributed by atoms with Crippen LogP contribution in [0.5, 0.6) is 5.75 Å². The highest BCUT2D eigenvalue weighted by atomic mass is 16.5. The van der Waals surface area contributed by atoms with E-state index < -0.39 is 0 Å². The number of allylic oxidation sites excluding steroid dienone is 2. The number of amides is 2. The van der Waals surface area contributed by atoms with Crippen LogP contribution in [0.1, 0.15) is 19.3 Å². The van der Waals surface area contributed by atoms with E-state index in [2.05, 4.69) is 17.5 Å². The lowest BCUT2D eigenvalue weighted by Gasteiger charge is -2.29. The zero-order chi connectivity index (χ0) is 16.5. The van der Waals surface area contributed by atoms with E-state index in [0.717, 1.165) is 30.7 Å². The minimum Gasteiger partial charge on any atom is -0.482 e. The molecule has 3 aliphatic rings. The lowest BCUT2D eigenvalue weighted by atomic mass is 9.93. The van der Waals surface area contributed by atoms with Gasteiger partial charge < -0.3 is 15.0 Å². The van der Waals surface area contributed by atoms with E-state index >= 15 is 0 Å². The van der Waals surface area contributed by atoms with Gasteiger partial charge in [-0.25, -0.2) is 0 Å². The molecule has 3 atom stereocenters. The molecule has 2 amide bonds. The van der Waals surface area contributed by atoms with E-state index in [9.17, 15) is 9.59 Å². The Morgan fingerprint density at radius 3 is 2.92 bits per heavy atom. The number of fused-ring (bicyclic) bond motifs is 3. The Balaban J connectivity index is 1.28. The van der Waals surface area contributed by atoms with Crippen molar-refractivity contribution in [2.45, 2.75) is 19.3 Å². The van der Waals surface area contributed by atoms with E-state index in [1.54, 1.807) is 4.90 Å². The van der Waals surface area contributed by atoms with Crippen LogP contribution in [0, 0.1) is 17.8 Å². The topological polar surface area (TPSA) is 58.6 Å². The van der Waals surface area contributed by atoms with E-state index in [1.807, 2.05) is 24.3 Å². The summed E-state index contributed by atoms with van der Waals surface area (Å²) >= 11 is 0. The Bertz CT molecular complexity index is 685. The van der Waals surface area contributed by atoms with Crippen LogP contribution < -0.4 is 15.0 Å². The molecule has 2 bridgehead atoms. The molecule has 0 radical (unpaired) electrons. The standard InChI is InChI=1S/C19H22N2O3/c22-18-12-24-17-5-2-1-4-16(17)21(18)9-3-8-20-19(23)15-11-13-6-7-14(15)10-13/h1-2,4-7,13-15H,3,8-12H2,(H,20,23)/t13-,14-,15+/m0/s1. The summed E-state index contributed by atoms with van der Waals surface area (Å²) in [5.74, 6) is 2.07. The molecule has 1 aromatic rings. The van der Waals surface area contributed by atoms with Gasteiger partial charge in [0, 0.05) is 19.0 Å². The number of benzene rings is 1. The van der Waals surface area contributed by atoms with Gasteiger partial charge in [-0.15, -0.1) is 0 Å². The number of rotatable bonds is 5. The molecule has 0 spiro atoms. The molecule has 0 aromatic heterocycles. The summed E-state index contributed by atoms with van der Waals surface area (Å²) in [6.45, 7) is 1.28. The van der Waals surface area contributed by atoms with Gasteiger partial charge in [0.15, 0.2) is 6.61 Å². The second-order valence-electron chi connectivity index (χ2n) is 6.83. The first-order valence-electron chi connectivity index (χ1n) is 8.70. The average Bonchev–Trinajstić information content (AvgIpc) is 3.23. The summed E-state index contributed by atoms with van der Waals surface area (Å²) in [4.78, 5) is 26.1. The van der Waals surface area contributed by atoms with Gasteiger partial charge in [0.25, 0.3) is 5.91 Å². The maximum atomic E-state index is 12.3. The minimum atomic E-state index is -0.0294. The molecule has 1 aliphatic heterocycles. The smallest absolute Gasteiger partial charge is 0.265 e. The van der Waals surface area contributed by atoms with Gasteiger partial charge in [0.2, 0.25) is 5.91 Å². The maximum absolute atomic E-state index is 12.3. The van der Waals surface area contributed by atoms with Crippen molar-refractivity contribution in [2.24, 2.45) is 17.8 Å². The van der Waals surface area contributed by atoms with Crippen LogP contribution in [0.2, 0.25) is 0 Å². The molecule has 0 saturated heterocycles. The number of para-hydroxylation sites is 2. The quantitative estimate of drug-likeness (QED) is 0.666. The molecule has 2 aliphatic carbocycles. The second-order valence-corrected chi connectivity index (χ2v) is 6.83. The first-order chi connectivity index (χ1) is 11.7. The molecule has 5 heteroatoms. The van der Waals surface area contributed by atoms with E-state index in [0.29, 0.717) is 24.9 Å². The van der Waals surface area contributed by atoms with Gasteiger partial charge >= 0.3 is 0 Å². The molecule has 0 unspecified atom stereocenters. The Labute approximate surface area is 141 Å². The van der Waals surface area contributed by atoms with Crippen LogP contribution >= 0.6 is 0 Å². The fourth-order valence-corrected chi connectivity index (χ4v) is 4.06. The zero-order valence-electron chi connectivity index (χ0n) is 13.6. The van der Waals surface area contributed by atoms with Crippen LogP contribution in [-0.4, -0.2) is 31.5 Å². The summed E-state index contributed by atoms with van der Waals surface area (Å²) in [6, 6.07) is 7.57. The van der Waals surface area contributed by atoms with Gasteiger partial charge in [-0.05, 0) is 43.2 Å². The van der Waals surface area contributed by atoms with Crippen molar-refractivity contribution >= 4 is 17.5 Å². The van der Waals surface area contributed by atoms with Gasteiger partial charge in [0.05, 0.1) is 5.69 Å². The second kappa shape index (κ2) is 6.30. The number of carbonyl (C=O) groups is 2. The number of hydrogen-bond donors (Lipinski definition) is 1. The van der Waals surface area contributed by atoms with Crippen LogP contribution in [0.4, 0.5) is 5.69 Å². The molecule has 1 saturated carbocycles. The summed E-state index contributed by atoms with van der Waals surface area (Å²) in [5.41, 5.74) is 0.818. The Morgan fingerprint density at radius 2 is 2.12 bits per heavy atom. The maximum Gasteiger partial charge on any atom is 0.265 e. The van der Waals surface area contributed by atoms with Crippen LogP contribution in [0.3, 0.4) is 0 Å². The van der Waals surface area contributed by atoms with Crippen LogP contribution in [0.15, 0.2) is 36.4 Å². The lowest BCUT2D eigenvalue weighted by molar-refractivity contribution is -0.125. The van der Waals surface area contributed by atoms with Gasteiger partial charge in [-0.1, -0.05) is 24.3 Å². The van der Waals surface area contributed by atoms with Gasteiger partial charge in [-0.2, -0.15) is 0 Å². The predicted octanol–water partition coefficient (Wildman–Crippen LogP) is 2.13. The van der Waals surface area contributed by atoms with E-state index in [4.69, 9.17) is 4.74 Å². The number of anilines is 1. The van der Waals surface area contributed by atoms with Gasteiger partial charge in [0.1, 0.15) is 5.75 Å². The Hall–Kier alpha value is -2.30. The third-order valence-electron chi connectivity index (χ3n) is 5.28. The van der Waals surface area contributed by atoms with Crippen molar-refractivity contribution in [1.82, 2.24) is 5.32 Å². The van der Waals surface area contributed by atoms with Crippen LogP contribution in [-0.2, 0) is 9.59 Å². The van der Waals surface area contributed by atoms with Crippen LogP contribution in [0.25, 0.3) is 0 Å². The van der Waals surface area contributed by atoms with Crippen molar-refractivity contribution in [2.75, 3.05) is 24.6 Å². The monoisotopic (exact) mass is 326 g/mol. The van der Waals surface area contributed by atoms with E-state index in [-0.39, 0.29) is 24.3 Å². The zero-order valence-corrected chi connectivity index (χ0v) is 13.6. The Kier molecular flexibility index (Phi) is 4.00. The average molecular weight is 326 g/mol. The van der Waals surface area contributed by atoms with Crippen molar-refractivity contribution in [3.63, 3.8) is 0 Å². The first kappa shape index (κ1) is 15.2. The SMILES string of the molecule is O=C(NCCCN1C(=O)COc2ccccc21)[C@@H]1C[C@H]2C=C[C@H]1C2. The van der Waals surface area contributed by atoms with Crippen molar-refractivity contribution < 1.29 is 14.3 Å². The lowest BCUT2D eigenvalue weighted by Crippen LogP contribution is -2.41. The molecule has 1 aromatic carbocycles. The summed E-state index contributed by atoms with van der Waals surface area (Å²) in [6.07, 6.45) is 7.31. The summed E-state index contributed by atoms with van der Waals surface area (Å²) in [5, 5.41) is 3.05. The minimum absolute atomic E-state index is 0.0294. The third kappa shape index (κ3) is 2.79. The largest absolute Gasteiger partial charge is 0.482 e. The number of nitrogens with zero attached hydrogens (tertiary/aromatic N) is 1. The third-order valence-corrected chi connectivity index (χ3v) is 5.28. The summed E-state index contributed by atoms with van der Waals surface area (Å²) < 4.78 is 5.44.